The molecule has 1 heterocycles. The Balaban J connectivity index is 2.28. The van der Waals surface area contributed by atoms with Gasteiger partial charge in [-0.2, -0.15) is 15.0 Å². The van der Waals surface area contributed by atoms with E-state index in [4.69, 9.17) is 11.6 Å². The number of hydrogen-bond acceptors (Lipinski definition) is 5. The summed E-state index contributed by atoms with van der Waals surface area (Å²) in [6, 6.07) is 6.26. The molecule has 2 aromatic rings. The van der Waals surface area contributed by atoms with Crippen LogP contribution >= 0.6 is 23.4 Å². The third-order valence-electron chi connectivity index (χ3n) is 2.63. The van der Waals surface area contributed by atoms with Gasteiger partial charge in [0.05, 0.1) is 0 Å². The molecule has 0 fully saturated rings. The van der Waals surface area contributed by atoms with Crippen LogP contribution in [-0.2, 0) is 0 Å². The van der Waals surface area contributed by atoms with Crippen LogP contribution in [-0.4, -0.2) is 28.0 Å². The molecular weight excluding hydrogens is 299 g/mol. The molecule has 0 spiro atoms. The molecular formula is C13H14ClFN4S. The van der Waals surface area contributed by atoms with Crippen molar-refractivity contribution >= 4 is 29.3 Å². The fraction of sp³-hybridized carbons (Fsp3) is 0.308. The summed E-state index contributed by atoms with van der Waals surface area (Å²) >= 11 is 7.18. The van der Waals surface area contributed by atoms with E-state index in [9.17, 15) is 4.39 Å². The van der Waals surface area contributed by atoms with E-state index in [1.165, 1.54) is 23.9 Å². The third kappa shape index (κ3) is 3.80. The van der Waals surface area contributed by atoms with Gasteiger partial charge in [0, 0.05) is 18.0 Å². The molecule has 2 rings (SSSR count). The molecule has 1 aromatic heterocycles. The topological polar surface area (TPSA) is 41.9 Å². The lowest BCUT2D eigenvalue weighted by Crippen LogP contribution is -2.24. The summed E-state index contributed by atoms with van der Waals surface area (Å²) in [6.45, 7) is 5.59. The number of benzene rings is 1. The molecule has 1 aromatic carbocycles. The van der Waals surface area contributed by atoms with E-state index in [0.717, 1.165) is 18.0 Å². The summed E-state index contributed by atoms with van der Waals surface area (Å²) in [5, 5.41) is 0.596. The van der Waals surface area contributed by atoms with Crippen molar-refractivity contribution < 1.29 is 4.39 Å². The highest BCUT2D eigenvalue weighted by molar-refractivity contribution is 7.99. The van der Waals surface area contributed by atoms with E-state index >= 15 is 0 Å². The van der Waals surface area contributed by atoms with Gasteiger partial charge in [0.1, 0.15) is 5.82 Å². The molecule has 0 aliphatic carbocycles. The number of anilines is 1. The molecule has 0 aliphatic rings. The molecule has 20 heavy (non-hydrogen) atoms. The van der Waals surface area contributed by atoms with Crippen LogP contribution < -0.4 is 4.90 Å². The van der Waals surface area contributed by atoms with Crippen LogP contribution in [0.1, 0.15) is 13.8 Å². The smallest absolute Gasteiger partial charge is 0.230 e. The van der Waals surface area contributed by atoms with Crippen molar-refractivity contribution in [2.24, 2.45) is 0 Å². The van der Waals surface area contributed by atoms with Gasteiger partial charge in [-0.1, -0.05) is 6.07 Å². The molecule has 0 bridgehead atoms. The first-order valence-corrected chi connectivity index (χ1v) is 7.41. The predicted octanol–water partition coefficient (Wildman–Crippen LogP) is 3.66. The van der Waals surface area contributed by atoms with Crippen LogP contribution in [0.4, 0.5) is 10.3 Å². The van der Waals surface area contributed by atoms with E-state index < -0.39 is 0 Å². The van der Waals surface area contributed by atoms with Crippen LogP contribution in [0.3, 0.4) is 0 Å². The highest BCUT2D eigenvalue weighted by atomic mass is 35.5. The Morgan fingerprint density at radius 1 is 1.20 bits per heavy atom. The fourth-order valence-corrected chi connectivity index (χ4v) is 2.65. The van der Waals surface area contributed by atoms with Crippen LogP contribution in [0.15, 0.2) is 34.3 Å². The standard InChI is InChI=1S/C13H14ClFN4S/c1-3-19(4-2)12-16-11(14)17-13(18-12)20-10-7-5-6-9(15)8-10/h5-8H,3-4H2,1-2H3. The van der Waals surface area contributed by atoms with Gasteiger partial charge in [0.2, 0.25) is 11.2 Å². The molecule has 0 saturated heterocycles. The Labute approximate surface area is 126 Å². The molecule has 0 radical (unpaired) electrons. The van der Waals surface area contributed by atoms with Crippen molar-refractivity contribution in [2.75, 3.05) is 18.0 Å². The largest absolute Gasteiger partial charge is 0.341 e. The molecule has 0 amide bonds. The van der Waals surface area contributed by atoms with Gasteiger partial charge < -0.3 is 4.90 Å². The average Bonchev–Trinajstić information content (AvgIpc) is 2.39. The van der Waals surface area contributed by atoms with Crippen LogP contribution in [0.5, 0.6) is 0 Å². The zero-order valence-corrected chi connectivity index (χ0v) is 12.7. The Bertz CT molecular complexity index is 592. The van der Waals surface area contributed by atoms with Gasteiger partial charge in [0.15, 0.2) is 5.16 Å². The predicted molar refractivity (Wildman–Crippen MR) is 78.9 cm³/mol. The third-order valence-corrected chi connectivity index (χ3v) is 3.65. The highest BCUT2D eigenvalue weighted by Gasteiger charge is 2.11. The summed E-state index contributed by atoms with van der Waals surface area (Å²) < 4.78 is 13.2. The Morgan fingerprint density at radius 3 is 2.60 bits per heavy atom. The van der Waals surface area contributed by atoms with Crippen molar-refractivity contribution in [1.29, 1.82) is 0 Å². The van der Waals surface area contributed by atoms with Crippen molar-refractivity contribution in [2.45, 2.75) is 23.9 Å². The van der Waals surface area contributed by atoms with Crippen LogP contribution in [0.2, 0.25) is 5.28 Å². The summed E-state index contributed by atoms with van der Waals surface area (Å²) in [4.78, 5) is 15.2. The molecule has 0 aliphatic heterocycles. The lowest BCUT2D eigenvalue weighted by atomic mass is 10.4. The van der Waals surface area contributed by atoms with Gasteiger partial charge in [-0.25, -0.2) is 4.39 Å². The van der Waals surface area contributed by atoms with E-state index in [1.807, 2.05) is 18.7 Å². The minimum atomic E-state index is -0.292. The minimum absolute atomic E-state index is 0.140. The SMILES string of the molecule is CCN(CC)c1nc(Cl)nc(Sc2cccc(F)c2)n1. The Hall–Kier alpha value is -1.40. The van der Waals surface area contributed by atoms with Gasteiger partial charge >= 0.3 is 0 Å². The number of nitrogens with zero attached hydrogens (tertiary/aromatic N) is 4. The van der Waals surface area contributed by atoms with E-state index in [1.54, 1.807) is 12.1 Å². The number of hydrogen-bond donors (Lipinski definition) is 0. The highest BCUT2D eigenvalue weighted by Crippen LogP contribution is 2.26. The molecule has 106 valence electrons. The summed E-state index contributed by atoms with van der Waals surface area (Å²) in [5.74, 6) is 0.244. The average molecular weight is 313 g/mol. The molecule has 0 saturated carbocycles. The second-order valence-electron chi connectivity index (χ2n) is 3.92. The van der Waals surface area contributed by atoms with Gasteiger partial charge in [-0.3, -0.25) is 0 Å². The van der Waals surface area contributed by atoms with E-state index in [2.05, 4.69) is 15.0 Å². The van der Waals surface area contributed by atoms with Crippen molar-refractivity contribution in [3.63, 3.8) is 0 Å². The summed E-state index contributed by atoms with van der Waals surface area (Å²) in [6.07, 6.45) is 0. The number of aromatic nitrogens is 3. The summed E-state index contributed by atoms with van der Waals surface area (Å²) in [7, 11) is 0. The first-order chi connectivity index (χ1) is 9.62. The maximum absolute atomic E-state index is 13.2. The first kappa shape index (κ1) is 15.0. The molecule has 0 N–H and O–H groups in total. The second kappa shape index (κ2) is 6.85. The van der Waals surface area contributed by atoms with Crippen LogP contribution in [0, 0.1) is 5.82 Å². The normalized spacial score (nSPS) is 10.6. The lowest BCUT2D eigenvalue weighted by Gasteiger charge is -2.18. The quantitative estimate of drug-likeness (QED) is 0.842. The molecule has 7 heteroatoms. The van der Waals surface area contributed by atoms with Gasteiger partial charge in [-0.15, -0.1) is 0 Å². The molecule has 4 nitrogen and oxygen atoms in total. The first-order valence-electron chi connectivity index (χ1n) is 6.22. The maximum Gasteiger partial charge on any atom is 0.230 e. The Morgan fingerprint density at radius 2 is 1.95 bits per heavy atom. The van der Waals surface area contributed by atoms with Gasteiger partial charge in [-0.05, 0) is 55.4 Å². The molecule has 0 unspecified atom stereocenters. The number of halogens is 2. The van der Waals surface area contributed by atoms with Crippen molar-refractivity contribution in [3.8, 4) is 0 Å². The minimum Gasteiger partial charge on any atom is -0.341 e. The van der Waals surface area contributed by atoms with E-state index in [0.29, 0.717) is 11.1 Å². The van der Waals surface area contributed by atoms with E-state index in [-0.39, 0.29) is 11.1 Å². The second-order valence-corrected chi connectivity index (χ2v) is 5.30. The number of rotatable bonds is 5. The van der Waals surface area contributed by atoms with Crippen molar-refractivity contribution in [3.05, 3.63) is 35.4 Å². The zero-order valence-electron chi connectivity index (χ0n) is 11.2. The zero-order chi connectivity index (χ0) is 14.5. The monoisotopic (exact) mass is 312 g/mol. The maximum atomic E-state index is 13.2. The fourth-order valence-electron chi connectivity index (χ4n) is 1.65. The van der Waals surface area contributed by atoms with Gasteiger partial charge in [0.25, 0.3) is 0 Å². The summed E-state index contributed by atoms with van der Waals surface area (Å²) in [5.41, 5.74) is 0. The van der Waals surface area contributed by atoms with Crippen molar-refractivity contribution in [1.82, 2.24) is 15.0 Å². The van der Waals surface area contributed by atoms with Crippen LogP contribution in [0.25, 0.3) is 0 Å². The Kier molecular flexibility index (Phi) is 5.14. The lowest BCUT2D eigenvalue weighted by molar-refractivity contribution is 0.624. The molecule has 0 atom stereocenters.